The number of hydrogen-bond acceptors (Lipinski definition) is 13. The minimum atomic E-state index is -1.17. The molecule has 0 amide bonds. The first-order valence-electron chi connectivity index (χ1n) is 8.66. The molecule has 0 radical (unpaired) electrons. The van der Waals surface area contributed by atoms with Crippen molar-refractivity contribution in [3.05, 3.63) is 97.1 Å². The fourth-order valence-electron chi connectivity index (χ4n) is 3.09. The van der Waals surface area contributed by atoms with E-state index in [4.69, 9.17) is 4.42 Å². The van der Waals surface area contributed by atoms with Crippen LogP contribution in [0.3, 0.4) is 0 Å². The number of benzene rings is 2. The third-order valence-corrected chi connectivity index (χ3v) is 4.47. The Morgan fingerprint density at radius 3 is 0.914 bits per heavy atom. The van der Waals surface area contributed by atoms with E-state index in [9.17, 15) is 60.7 Å². The topological polar surface area (TPSA) is 272 Å². The van der Waals surface area contributed by atoms with E-state index in [1.807, 2.05) is 0 Å². The Labute approximate surface area is 188 Å². The number of rotatable bonds is 8. The molecule has 19 nitrogen and oxygen atoms in total. The maximum Gasteiger partial charge on any atom is 0.294 e. The molecule has 0 unspecified atom stereocenters. The molecule has 0 aliphatic heterocycles. The van der Waals surface area contributed by atoms with Gasteiger partial charge in [-0.25, -0.2) is 0 Å². The summed E-state index contributed by atoms with van der Waals surface area (Å²) in [4.78, 5) is 61.1. The van der Waals surface area contributed by atoms with Crippen molar-refractivity contribution >= 4 is 34.1 Å². The van der Waals surface area contributed by atoms with E-state index in [0.717, 1.165) is 12.1 Å². The van der Waals surface area contributed by atoms with Crippen LogP contribution in [0.25, 0.3) is 22.6 Å². The summed E-state index contributed by atoms with van der Waals surface area (Å²) >= 11 is 0. The molecule has 0 saturated carbocycles. The zero-order valence-corrected chi connectivity index (χ0v) is 16.5. The lowest BCUT2D eigenvalue weighted by Crippen LogP contribution is -2.00. The Hall–Kier alpha value is -5.88. The summed E-state index contributed by atoms with van der Waals surface area (Å²) in [7, 11) is 0. The molecule has 1 heterocycles. The molecular weight excluding hydrogens is 484 g/mol. The number of furan rings is 1. The van der Waals surface area contributed by atoms with Crippen LogP contribution in [0.2, 0.25) is 0 Å². The van der Waals surface area contributed by atoms with E-state index in [-0.39, 0.29) is 0 Å². The average molecular weight is 490 g/mol. The largest absolute Gasteiger partial charge is 0.455 e. The van der Waals surface area contributed by atoms with Crippen molar-refractivity contribution in [3.8, 4) is 22.6 Å². The molecule has 0 spiro atoms. The molecule has 35 heavy (non-hydrogen) atoms. The van der Waals surface area contributed by atoms with Gasteiger partial charge < -0.3 is 4.42 Å². The van der Waals surface area contributed by atoms with Gasteiger partial charge in [0.25, 0.3) is 34.1 Å². The van der Waals surface area contributed by atoms with Gasteiger partial charge in [-0.15, -0.1) is 0 Å². The summed E-state index contributed by atoms with van der Waals surface area (Å²) in [5.41, 5.74) is -8.19. The summed E-state index contributed by atoms with van der Waals surface area (Å²) in [6.45, 7) is 0. The molecule has 3 rings (SSSR count). The summed E-state index contributed by atoms with van der Waals surface area (Å²) < 4.78 is 5.26. The molecule has 0 aliphatic carbocycles. The van der Waals surface area contributed by atoms with E-state index in [2.05, 4.69) is 0 Å². The minimum absolute atomic E-state index is 0.418. The van der Waals surface area contributed by atoms with E-state index in [1.54, 1.807) is 0 Å². The Balaban J connectivity index is 2.36. The maximum absolute atomic E-state index is 11.5. The quantitative estimate of drug-likeness (QED) is 0.318. The minimum Gasteiger partial charge on any atom is -0.455 e. The van der Waals surface area contributed by atoms with Gasteiger partial charge in [0.2, 0.25) is 0 Å². The third-order valence-electron chi connectivity index (χ3n) is 4.47. The van der Waals surface area contributed by atoms with E-state index in [0.29, 0.717) is 24.3 Å². The smallest absolute Gasteiger partial charge is 0.294 e. The van der Waals surface area contributed by atoms with E-state index in [1.165, 1.54) is 0 Å². The third kappa shape index (κ3) is 4.26. The van der Waals surface area contributed by atoms with Crippen molar-refractivity contribution in [1.29, 1.82) is 0 Å². The van der Waals surface area contributed by atoms with Crippen LogP contribution in [0.4, 0.5) is 34.1 Å². The van der Waals surface area contributed by atoms with Crippen molar-refractivity contribution in [3.63, 3.8) is 0 Å². The number of nitro benzene ring substituents is 6. The molecule has 3 aromatic rings. The van der Waals surface area contributed by atoms with E-state index >= 15 is 0 Å². The number of nitrogens with zero attached hydrogens (tertiary/aromatic N) is 6. The van der Waals surface area contributed by atoms with Crippen LogP contribution in [0.1, 0.15) is 0 Å². The van der Waals surface area contributed by atoms with Crippen LogP contribution < -0.4 is 0 Å². The predicted octanol–water partition coefficient (Wildman–Crippen LogP) is 4.06. The van der Waals surface area contributed by atoms with Crippen LogP contribution in [0.5, 0.6) is 0 Å². The van der Waals surface area contributed by atoms with Crippen LogP contribution in [-0.4, -0.2) is 29.5 Å². The van der Waals surface area contributed by atoms with Crippen LogP contribution in [0.15, 0.2) is 40.8 Å². The van der Waals surface area contributed by atoms with Crippen molar-refractivity contribution in [2.75, 3.05) is 0 Å². The molecule has 0 bridgehead atoms. The molecule has 2 aromatic carbocycles. The van der Waals surface area contributed by atoms with Crippen LogP contribution in [0, 0.1) is 60.7 Å². The molecule has 0 atom stereocenters. The van der Waals surface area contributed by atoms with Gasteiger partial charge in [0.05, 0.1) is 53.8 Å². The van der Waals surface area contributed by atoms with Crippen molar-refractivity contribution < 1.29 is 34.0 Å². The van der Waals surface area contributed by atoms with Crippen LogP contribution >= 0.6 is 0 Å². The number of non-ortho nitro benzene ring substituents is 2. The van der Waals surface area contributed by atoms with Crippen molar-refractivity contribution in [2.24, 2.45) is 0 Å². The second kappa shape index (κ2) is 8.57. The fraction of sp³-hybridized carbons (Fsp3) is 0. The first-order chi connectivity index (χ1) is 16.3. The van der Waals surface area contributed by atoms with Gasteiger partial charge in [-0.1, -0.05) is 0 Å². The second-order valence-electron chi connectivity index (χ2n) is 6.42. The molecule has 178 valence electrons. The standard InChI is InChI=1S/C16H6N6O13/c23-17(24)7-3-9(19(27)28)15(10(4-7)20(29)30)13-1-2-14(35-13)16-11(21(31)32)5-8(18(25)26)6-12(16)22(33)34/h1-6H. The summed E-state index contributed by atoms with van der Waals surface area (Å²) in [5.74, 6) is -1.37. The van der Waals surface area contributed by atoms with Gasteiger partial charge in [0.1, 0.15) is 11.5 Å². The molecular formula is C16H6N6O13. The molecule has 0 saturated heterocycles. The highest BCUT2D eigenvalue weighted by atomic mass is 16.6. The number of nitro groups is 6. The van der Waals surface area contributed by atoms with E-state index < -0.39 is 86.3 Å². The van der Waals surface area contributed by atoms with Crippen molar-refractivity contribution in [1.82, 2.24) is 0 Å². The Morgan fingerprint density at radius 2 is 0.714 bits per heavy atom. The Morgan fingerprint density at radius 1 is 0.457 bits per heavy atom. The van der Waals surface area contributed by atoms with Gasteiger partial charge in [-0.05, 0) is 12.1 Å². The second-order valence-corrected chi connectivity index (χ2v) is 6.42. The predicted molar refractivity (Wildman–Crippen MR) is 110 cm³/mol. The highest BCUT2D eigenvalue weighted by Gasteiger charge is 2.36. The van der Waals surface area contributed by atoms with Gasteiger partial charge in [-0.2, -0.15) is 0 Å². The van der Waals surface area contributed by atoms with Crippen molar-refractivity contribution in [2.45, 2.75) is 0 Å². The van der Waals surface area contributed by atoms with Gasteiger partial charge in [0.15, 0.2) is 11.1 Å². The highest BCUT2D eigenvalue weighted by Crippen LogP contribution is 2.46. The van der Waals surface area contributed by atoms with Gasteiger partial charge in [-0.3, -0.25) is 60.7 Å². The Bertz CT molecular complexity index is 1300. The summed E-state index contributed by atoms with van der Waals surface area (Å²) in [5, 5.41) is 68.0. The first kappa shape index (κ1) is 23.8. The zero-order chi connectivity index (χ0) is 26.2. The lowest BCUT2D eigenvalue weighted by Gasteiger charge is -2.04. The fourth-order valence-corrected chi connectivity index (χ4v) is 3.09. The molecule has 0 fully saturated rings. The maximum atomic E-state index is 11.5. The molecule has 1 aromatic heterocycles. The Kier molecular flexibility index (Phi) is 5.82. The normalized spacial score (nSPS) is 10.5. The monoisotopic (exact) mass is 490 g/mol. The lowest BCUT2D eigenvalue weighted by molar-refractivity contribution is -0.402. The molecule has 19 heteroatoms. The molecule has 0 aliphatic rings. The highest BCUT2D eigenvalue weighted by molar-refractivity contribution is 5.86. The van der Waals surface area contributed by atoms with Gasteiger partial charge in [0, 0.05) is 0 Å². The summed E-state index contributed by atoms with van der Waals surface area (Å²) in [6, 6.07) is 3.38. The molecule has 0 N–H and O–H groups in total. The SMILES string of the molecule is O=[N+]([O-])c1cc([N+](=O)[O-])c(-c2ccc(-c3c([N+](=O)[O-])cc([N+](=O)[O-])cc3[N+](=O)[O-])o2)c([N+](=O)[O-])c1. The van der Waals surface area contributed by atoms with Gasteiger partial charge >= 0.3 is 0 Å². The zero-order valence-electron chi connectivity index (χ0n) is 16.5. The lowest BCUT2D eigenvalue weighted by atomic mass is 10.1. The average Bonchev–Trinajstić information content (AvgIpc) is 3.26. The summed E-state index contributed by atoms with van der Waals surface area (Å²) in [6.07, 6.45) is 0. The number of hydrogen-bond donors (Lipinski definition) is 0. The van der Waals surface area contributed by atoms with Crippen LogP contribution in [-0.2, 0) is 0 Å². The first-order valence-corrected chi connectivity index (χ1v) is 8.66.